The van der Waals surface area contributed by atoms with Crippen LogP contribution < -0.4 is 4.74 Å². The third-order valence-corrected chi connectivity index (χ3v) is 4.97. The van der Waals surface area contributed by atoms with Crippen LogP contribution in [-0.2, 0) is 4.74 Å². The average molecular weight is 421 g/mol. The Kier molecular flexibility index (Phi) is 7.06. The summed E-state index contributed by atoms with van der Waals surface area (Å²) in [7, 11) is 1.59. The molecule has 3 rings (SSSR count). The van der Waals surface area contributed by atoms with Crippen molar-refractivity contribution in [3.8, 4) is 5.75 Å². The summed E-state index contributed by atoms with van der Waals surface area (Å²) in [5.41, 5.74) is 0.787. The van der Waals surface area contributed by atoms with Crippen LogP contribution in [0.2, 0.25) is 5.02 Å². The van der Waals surface area contributed by atoms with Gasteiger partial charge in [0.25, 0.3) is 11.8 Å². The van der Waals surface area contributed by atoms with Crippen LogP contribution in [0.15, 0.2) is 42.5 Å². The van der Waals surface area contributed by atoms with E-state index in [4.69, 9.17) is 21.1 Å². The molecule has 0 atom stereocenters. The number of piperazine rings is 1. The first kappa shape index (κ1) is 21.1. The number of amides is 2. The van der Waals surface area contributed by atoms with E-state index in [1.807, 2.05) is 0 Å². The van der Waals surface area contributed by atoms with Crippen molar-refractivity contribution in [2.75, 3.05) is 46.5 Å². The van der Waals surface area contributed by atoms with Crippen molar-refractivity contribution in [3.05, 3.63) is 64.4 Å². The third-order valence-electron chi connectivity index (χ3n) is 4.65. The Bertz CT molecular complexity index is 885. The first-order valence-corrected chi connectivity index (χ1v) is 9.63. The molecule has 0 unspecified atom stereocenters. The van der Waals surface area contributed by atoms with Crippen LogP contribution in [0.25, 0.3) is 0 Å². The predicted octanol–water partition coefficient (Wildman–Crippen LogP) is 3.10. The zero-order valence-corrected chi connectivity index (χ0v) is 16.8. The van der Waals surface area contributed by atoms with Crippen molar-refractivity contribution in [2.24, 2.45) is 0 Å². The van der Waals surface area contributed by atoms with Crippen LogP contribution in [-0.4, -0.2) is 68.1 Å². The number of methoxy groups -OCH3 is 1. The normalized spacial score (nSPS) is 14.0. The molecule has 0 N–H and O–H groups in total. The summed E-state index contributed by atoms with van der Waals surface area (Å²) < 4.78 is 23.7. The molecule has 8 heteroatoms. The van der Waals surface area contributed by atoms with Gasteiger partial charge >= 0.3 is 0 Å². The molecule has 0 aliphatic carbocycles. The van der Waals surface area contributed by atoms with Gasteiger partial charge in [-0.1, -0.05) is 17.7 Å². The number of halogens is 2. The Balaban J connectivity index is 1.59. The zero-order chi connectivity index (χ0) is 20.8. The van der Waals surface area contributed by atoms with Crippen molar-refractivity contribution in [3.63, 3.8) is 0 Å². The van der Waals surface area contributed by atoms with Gasteiger partial charge < -0.3 is 19.3 Å². The van der Waals surface area contributed by atoms with Crippen LogP contribution in [0.4, 0.5) is 4.39 Å². The molecular formula is C21H22ClFN2O4. The Morgan fingerprint density at radius 2 is 1.69 bits per heavy atom. The smallest absolute Gasteiger partial charge is 0.255 e. The second-order valence-corrected chi connectivity index (χ2v) is 6.98. The molecule has 0 bridgehead atoms. The van der Waals surface area contributed by atoms with Crippen molar-refractivity contribution in [1.82, 2.24) is 9.80 Å². The van der Waals surface area contributed by atoms with Crippen molar-refractivity contribution in [2.45, 2.75) is 0 Å². The number of nitrogens with zero attached hydrogens (tertiary/aromatic N) is 2. The summed E-state index contributed by atoms with van der Waals surface area (Å²) in [6.07, 6.45) is 0. The number of carbonyl (C=O) groups excluding carboxylic acids is 2. The topological polar surface area (TPSA) is 59.1 Å². The first-order chi connectivity index (χ1) is 14.0. The largest absolute Gasteiger partial charge is 0.491 e. The number of rotatable bonds is 6. The van der Waals surface area contributed by atoms with Crippen LogP contribution >= 0.6 is 11.6 Å². The zero-order valence-electron chi connectivity index (χ0n) is 16.1. The molecule has 0 spiro atoms. The van der Waals surface area contributed by atoms with Gasteiger partial charge in [-0.3, -0.25) is 9.59 Å². The van der Waals surface area contributed by atoms with E-state index >= 15 is 0 Å². The van der Waals surface area contributed by atoms with E-state index < -0.39 is 5.82 Å². The van der Waals surface area contributed by atoms with Crippen LogP contribution in [0, 0.1) is 5.82 Å². The lowest BCUT2D eigenvalue weighted by Gasteiger charge is -2.35. The molecule has 29 heavy (non-hydrogen) atoms. The van der Waals surface area contributed by atoms with Gasteiger partial charge in [-0.2, -0.15) is 0 Å². The lowest BCUT2D eigenvalue weighted by atomic mass is 10.1. The molecule has 1 heterocycles. The van der Waals surface area contributed by atoms with Crippen LogP contribution in [0.1, 0.15) is 20.7 Å². The van der Waals surface area contributed by atoms with E-state index in [2.05, 4.69) is 0 Å². The van der Waals surface area contributed by atoms with E-state index in [0.717, 1.165) is 6.07 Å². The predicted molar refractivity (Wildman–Crippen MR) is 107 cm³/mol. The molecule has 154 valence electrons. The highest BCUT2D eigenvalue weighted by molar-refractivity contribution is 6.33. The third kappa shape index (κ3) is 5.25. The maximum Gasteiger partial charge on any atom is 0.255 e. The standard InChI is InChI=1S/C21H22ClFN2O4/c1-28-11-12-29-17-4-2-3-15(13-17)20(26)24-7-9-25(10-8-24)21(27)18-6-5-16(23)14-19(18)22/h2-6,13-14H,7-12H2,1H3. The number of hydrogen-bond acceptors (Lipinski definition) is 4. The van der Waals surface area contributed by atoms with Crippen LogP contribution in [0.5, 0.6) is 5.75 Å². The Morgan fingerprint density at radius 1 is 1.00 bits per heavy atom. The molecule has 0 aromatic heterocycles. The number of benzene rings is 2. The lowest BCUT2D eigenvalue weighted by molar-refractivity contribution is 0.0535. The van der Waals surface area contributed by atoms with Gasteiger partial charge in [-0.25, -0.2) is 4.39 Å². The van der Waals surface area contributed by atoms with Gasteiger partial charge in [-0.15, -0.1) is 0 Å². The minimum absolute atomic E-state index is 0.0822. The van der Waals surface area contributed by atoms with E-state index in [1.54, 1.807) is 41.2 Å². The SMILES string of the molecule is COCCOc1cccc(C(=O)N2CCN(C(=O)c3ccc(F)cc3Cl)CC2)c1. The molecule has 0 saturated carbocycles. The fourth-order valence-electron chi connectivity index (χ4n) is 3.09. The molecule has 0 radical (unpaired) electrons. The minimum Gasteiger partial charge on any atom is -0.491 e. The highest BCUT2D eigenvalue weighted by Crippen LogP contribution is 2.21. The molecule has 2 amide bonds. The van der Waals surface area contributed by atoms with Gasteiger partial charge in [0.05, 0.1) is 17.2 Å². The second-order valence-electron chi connectivity index (χ2n) is 6.58. The van der Waals surface area contributed by atoms with Gasteiger partial charge in [0.1, 0.15) is 18.2 Å². The number of ether oxygens (including phenoxy) is 2. The fraction of sp³-hybridized carbons (Fsp3) is 0.333. The fourth-order valence-corrected chi connectivity index (χ4v) is 3.34. The molecule has 1 aliphatic rings. The first-order valence-electron chi connectivity index (χ1n) is 9.25. The lowest BCUT2D eigenvalue weighted by Crippen LogP contribution is -2.50. The molecule has 1 fully saturated rings. The van der Waals surface area contributed by atoms with Gasteiger partial charge in [0, 0.05) is 38.9 Å². The summed E-state index contributed by atoms with van der Waals surface area (Å²) in [6.45, 7) is 2.42. The summed E-state index contributed by atoms with van der Waals surface area (Å²) in [4.78, 5) is 28.8. The van der Waals surface area contributed by atoms with Gasteiger partial charge in [0.2, 0.25) is 0 Å². The maximum atomic E-state index is 13.2. The number of carbonyl (C=O) groups is 2. The van der Waals surface area contributed by atoms with E-state index in [1.165, 1.54) is 12.1 Å². The van der Waals surface area contributed by atoms with Crippen molar-refractivity contribution >= 4 is 23.4 Å². The number of hydrogen-bond donors (Lipinski definition) is 0. The van der Waals surface area contributed by atoms with E-state index in [-0.39, 0.29) is 22.4 Å². The Labute approximate surface area is 173 Å². The summed E-state index contributed by atoms with van der Waals surface area (Å²) in [5, 5.41) is 0.0822. The van der Waals surface area contributed by atoms with Gasteiger partial charge in [-0.05, 0) is 36.4 Å². The van der Waals surface area contributed by atoms with Crippen molar-refractivity contribution in [1.29, 1.82) is 0 Å². The van der Waals surface area contributed by atoms with E-state index in [0.29, 0.717) is 50.7 Å². The minimum atomic E-state index is -0.490. The highest BCUT2D eigenvalue weighted by Gasteiger charge is 2.26. The Hall–Kier alpha value is -2.64. The highest BCUT2D eigenvalue weighted by atomic mass is 35.5. The maximum absolute atomic E-state index is 13.2. The average Bonchev–Trinajstić information content (AvgIpc) is 2.73. The summed E-state index contributed by atoms with van der Waals surface area (Å²) in [5.74, 6) is -0.271. The molecule has 1 saturated heterocycles. The monoisotopic (exact) mass is 420 g/mol. The molecular weight excluding hydrogens is 399 g/mol. The quantitative estimate of drug-likeness (QED) is 0.674. The molecule has 6 nitrogen and oxygen atoms in total. The molecule has 2 aromatic carbocycles. The summed E-state index contributed by atoms with van der Waals surface area (Å²) >= 11 is 5.99. The Morgan fingerprint density at radius 3 is 2.34 bits per heavy atom. The second kappa shape index (κ2) is 9.71. The summed E-state index contributed by atoms with van der Waals surface area (Å²) in [6, 6.07) is 10.7. The molecule has 2 aromatic rings. The molecule has 1 aliphatic heterocycles. The van der Waals surface area contributed by atoms with Crippen molar-refractivity contribution < 1.29 is 23.5 Å². The van der Waals surface area contributed by atoms with Gasteiger partial charge in [0.15, 0.2) is 0 Å². The van der Waals surface area contributed by atoms with Crippen LogP contribution in [0.3, 0.4) is 0 Å². The van der Waals surface area contributed by atoms with E-state index in [9.17, 15) is 14.0 Å².